The molecule has 0 bridgehead atoms. The molecule has 5 nitrogen and oxygen atoms in total. The van der Waals surface area contributed by atoms with E-state index in [4.69, 9.17) is 0 Å². The van der Waals surface area contributed by atoms with Crippen LogP contribution in [0.5, 0.6) is 0 Å². The molecule has 0 aromatic heterocycles. The minimum atomic E-state index is 0.00345. The van der Waals surface area contributed by atoms with Gasteiger partial charge in [-0.3, -0.25) is 9.59 Å². The van der Waals surface area contributed by atoms with Crippen LogP contribution >= 0.6 is 11.8 Å². The summed E-state index contributed by atoms with van der Waals surface area (Å²) < 4.78 is 0. The molecule has 0 aliphatic carbocycles. The number of rotatable bonds is 2. The number of benzene rings is 1. The average Bonchev–Trinajstić information content (AvgIpc) is 3.21. The van der Waals surface area contributed by atoms with Crippen molar-refractivity contribution in [3.05, 3.63) is 23.8 Å². The maximum absolute atomic E-state index is 13.1. The fourth-order valence-electron chi connectivity index (χ4n) is 4.25. The number of carbonyl (C=O) groups is 2. The minimum Gasteiger partial charge on any atom is -0.334 e. The van der Waals surface area contributed by atoms with E-state index in [0.717, 1.165) is 36.5 Å². The average molecular weight is 345 g/mol. The highest BCUT2D eigenvalue weighted by atomic mass is 32.2. The van der Waals surface area contributed by atoms with Crippen molar-refractivity contribution in [1.82, 2.24) is 9.80 Å². The quantitative estimate of drug-likeness (QED) is 0.894. The summed E-state index contributed by atoms with van der Waals surface area (Å²) in [4.78, 5) is 30.2. The highest BCUT2D eigenvalue weighted by molar-refractivity contribution is 8.00. The zero-order valence-electron chi connectivity index (χ0n) is 14.0. The number of likely N-dealkylation sites (tertiary alicyclic amines) is 2. The van der Waals surface area contributed by atoms with E-state index >= 15 is 0 Å². The van der Waals surface area contributed by atoms with Gasteiger partial charge in [0, 0.05) is 29.1 Å². The number of anilines is 1. The highest BCUT2D eigenvalue weighted by Crippen LogP contribution is 2.34. The molecule has 6 heteroatoms. The van der Waals surface area contributed by atoms with E-state index in [1.165, 1.54) is 24.6 Å². The Labute approximate surface area is 146 Å². The fraction of sp³-hybridized carbons (Fsp3) is 0.556. The summed E-state index contributed by atoms with van der Waals surface area (Å²) in [7, 11) is 2.17. The summed E-state index contributed by atoms with van der Waals surface area (Å²) in [5, 5.41) is 2.88. The lowest BCUT2D eigenvalue weighted by atomic mass is 10.0. The topological polar surface area (TPSA) is 52.6 Å². The third kappa shape index (κ3) is 2.82. The van der Waals surface area contributed by atoms with Crippen molar-refractivity contribution in [2.45, 2.75) is 42.7 Å². The predicted molar refractivity (Wildman–Crippen MR) is 95.5 cm³/mol. The maximum Gasteiger partial charge on any atom is 0.254 e. The number of thioether (sulfide) groups is 1. The molecule has 128 valence electrons. The van der Waals surface area contributed by atoms with Gasteiger partial charge in [0.15, 0.2) is 0 Å². The van der Waals surface area contributed by atoms with Crippen LogP contribution in [0.25, 0.3) is 0 Å². The predicted octanol–water partition coefficient (Wildman–Crippen LogP) is 2.43. The zero-order chi connectivity index (χ0) is 16.7. The third-order valence-electron chi connectivity index (χ3n) is 5.44. The molecule has 2 atom stereocenters. The Morgan fingerprint density at radius 2 is 2.00 bits per heavy atom. The molecular weight excluding hydrogens is 322 g/mol. The molecule has 3 aliphatic rings. The van der Waals surface area contributed by atoms with E-state index in [1.54, 1.807) is 0 Å². The van der Waals surface area contributed by atoms with Crippen LogP contribution in [0.4, 0.5) is 5.69 Å². The molecule has 2 amide bonds. The fourth-order valence-corrected chi connectivity index (χ4v) is 5.04. The van der Waals surface area contributed by atoms with E-state index in [0.29, 0.717) is 23.4 Å². The Kier molecular flexibility index (Phi) is 4.26. The standard InChI is InChI=1S/C18H23N3O2S/c1-20-8-2-4-14(20)15-5-3-9-21(15)18(23)12-6-7-16-13(10-12)19-17(22)11-24-16/h6-7,10,14-15H,2-5,8-9,11H2,1H3,(H,19,22)/t14-,15+/m1/s1. The van der Waals surface area contributed by atoms with Gasteiger partial charge in [-0.1, -0.05) is 0 Å². The number of hydrogen-bond acceptors (Lipinski definition) is 4. The summed E-state index contributed by atoms with van der Waals surface area (Å²) in [5.74, 6) is 0.553. The van der Waals surface area contributed by atoms with Crippen molar-refractivity contribution in [3.8, 4) is 0 Å². The number of nitrogens with zero attached hydrogens (tertiary/aromatic N) is 2. The lowest BCUT2D eigenvalue weighted by Gasteiger charge is -2.33. The highest BCUT2D eigenvalue weighted by Gasteiger charge is 2.38. The second-order valence-corrected chi connectivity index (χ2v) is 7.96. The second-order valence-electron chi connectivity index (χ2n) is 6.95. The van der Waals surface area contributed by atoms with Crippen molar-refractivity contribution >= 4 is 29.3 Å². The first-order chi connectivity index (χ1) is 11.6. The van der Waals surface area contributed by atoms with Gasteiger partial charge in [0.05, 0.1) is 11.4 Å². The minimum absolute atomic E-state index is 0.00345. The SMILES string of the molecule is CN1CCC[C@@H]1[C@@H]1CCCN1C(=O)c1ccc2c(c1)NC(=O)CS2. The van der Waals surface area contributed by atoms with Gasteiger partial charge in [-0.2, -0.15) is 0 Å². The van der Waals surface area contributed by atoms with E-state index in [9.17, 15) is 9.59 Å². The molecule has 1 aromatic carbocycles. The van der Waals surface area contributed by atoms with Crippen molar-refractivity contribution < 1.29 is 9.59 Å². The van der Waals surface area contributed by atoms with Gasteiger partial charge in [-0.15, -0.1) is 11.8 Å². The normalized spacial score (nSPS) is 27.2. The molecule has 3 aliphatic heterocycles. The van der Waals surface area contributed by atoms with Gasteiger partial charge in [0.1, 0.15) is 0 Å². The van der Waals surface area contributed by atoms with Crippen molar-refractivity contribution in [3.63, 3.8) is 0 Å². The maximum atomic E-state index is 13.1. The van der Waals surface area contributed by atoms with Gasteiger partial charge < -0.3 is 15.1 Å². The molecule has 0 radical (unpaired) electrons. The van der Waals surface area contributed by atoms with Crippen molar-refractivity contribution in [2.24, 2.45) is 0 Å². The Morgan fingerprint density at radius 3 is 2.79 bits per heavy atom. The van der Waals surface area contributed by atoms with Crippen LogP contribution < -0.4 is 5.32 Å². The third-order valence-corrected chi connectivity index (χ3v) is 6.51. The van der Waals surface area contributed by atoms with E-state index in [1.807, 2.05) is 18.2 Å². The van der Waals surface area contributed by atoms with Crippen molar-refractivity contribution in [1.29, 1.82) is 0 Å². The van der Waals surface area contributed by atoms with E-state index < -0.39 is 0 Å². The summed E-state index contributed by atoms with van der Waals surface area (Å²) in [6.07, 6.45) is 4.58. The molecule has 3 heterocycles. The zero-order valence-corrected chi connectivity index (χ0v) is 14.8. The first-order valence-corrected chi connectivity index (χ1v) is 9.70. The molecule has 0 spiro atoms. The smallest absolute Gasteiger partial charge is 0.254 e. The second kappa shape index (κ2) is 6.41. The number of likely N-dealkylation sites (N-methyl/N-ethyl adjacent to an activating group) is 1. The van der Waals surface area contributed by atoms with Gasteiger partial charge in [0.2, 0.25) is 5.91 Å². The molecule has 24 heavy (non-hydrogen) atoms. The molecule has 2 fully saturated rings. The van der Waals surface area contributed by atoms with Gasteiger partial charge in [-0.05, 0) is 57.5 Å². The van der Waals surface area contributed by atoms with Crippen LogP contribution in [-0.2, 0) is 4.79 Å². The molecule has 1 aromatic rings. The van der Waals surface area contributed by atoms with Crippen molar-refractivity contribution in [2.75, 3.05) is 31.2 Å². The Hall–Kier alpha value is -1.53. The lowest BCUT2D eigenvalue weighted by Crippen LogP contribution is -2.47. The van der Waals surface area contributed by atoms with E-state index in [2.05, 4.69) is 22.2 Å². The van der Waals surface area contributed by atoms with Crippen LogP contribution in [0.15, 0.2) is 23.1 Å². The first-order valence-electron chi connectivity index (χ1n) is 8.71. The van der Waals surface area contributed by atoms with Crippen LogP contribution in [0.2, 0.25) is 0 Å². The molecule has 2 saturated heterocycles. The summed E-state index contributed by atoms with van der Waals surface area (Å²) in [6, 6.07) is 6.52. The number of hydrogen-bond donors (Lipinski definition) is 1. The molecule has 4 rings (SSSR count). The number of amides is 2. The van der Waals surface area contributed by atoms with Gasteiger partial charge in [-0.25, -0.2) is 0 Å². The Bertz CT molecular complexity index is 678. The summed E-state index contributed by atoms with van der Waals surface area (Å²) in [6.45, 7) is 1.97. The number of carbonyl (C=O) groups excluding carboxylic acids is 2. The molecule has 0 saturated carbocycles. The van der Waals surface area contributed by atoms with Crippen LogP contribution in [0, 0.1) is 0 Å². The van der Waals surface area contributed by atoms with Gasteiger partial charge >= 0.3 is 0 Å². The summed E-state index contributed by atoms with van der Waals surface area (Å²) >= 11 is 1.53. The number of fused-ring (bicyclic) bond motifs is 1. The summed E-state index contributed by atoms with van der Waals surface area (Å²) in [5.41, 5.74) is 1.46. The van der Waals surface area contributed by atoms with Gasteiger partial charge in [0.25, 0.3) is 5.91 Å². The van der Waals surface area contributed by atoms with Crippen LogP contribution in [0.1, 0.15) is 36.0 Å². The molecule has 1 N–H and O–H groups in total. The monoisotopic (exact) mass is 345 g/mol. The Morgan fingerprint density at radius 1 is 1.21 bits per heavy atom. The largest absolute Gasteiger partial charge is 0.334 e. The molecule has 0 unspecified atom stereocenters. The lowest BCUT2D eigenvalue weighted by molar-refractivity contribution is -0.113. The van der Waals surface area contributed by atoms with Crippen LogP contribution in [-0.4, -0.2) is 59.6 Å². The number of nitrogens with one attached hydrogen (secondary N) is 1. The first kappa shape index (κ1) is 16.0. The Balaban J connectivity index is 1.56. The molecular formula is C18H23N3O2S. The van der Waals surface area contributed by atoms with Crippen LogP contribution in [0.3, 0.4) is 0 Å². The van der Waals surface area contributed by atoms with E-state index in [-0.39, 0.29) is 11.8 Å².